The summed E-state index contributed by atoms with van der Waals surface area (Å²) in [6.45, 7) is 0.380. The number of methoxy groups -OCH3 is 1. The molecular formula is C9H9F3N4O2S. The van der Waals surface area contributed by atoms with Gasteiger partial charge in [-0.05, 0) is 0 Å². The highest BCUT2D eigenvalue weighted by atomic mass is 32.1. The van der Waals surface area contributed by atoms with Crippen LogP contribution in [0.4, 0.5) is 18.3 Å². The number of nitrogens with zero attached hydrogens (tertiary/aromatic N) is 3. The van der Waals surface area contributed by atoms with Crippen LogP contribution in [0.15, 0.2) is 10.6 Å². The molecule has 19 heavy (non-hydrogen) atoms. The minimum atomic E-state index is -4.50. The number of hydrogen-bond acceptors (Lipinski definition) is 7. The van der Waals surface area contributed by atoms with Crippen LogP contribution in [0.5, 0.6) is 0 Å². The molecule has 0 saturated heterocycles. The summed E-state index contributed by atoms with van der Waals surface area (Å²) in [6.07, 6.45) is -4.50. The maximum Gasteiger partial charge on any atom is 0.436 e. The van der Waals surface area contributed by atoms with Gasteiger partial charge in [0.15, 0.2) is 11.5 Å². The van der Waals surface area contributed by atoms with Crippen molar-refractivity contribution in [3.8, 4) is 0 Å². The lowest BCUT2D eigenvalue weighted by molar-refractivity contribution is -0.142. The number of rotatable bonds is 5. The molecule has 104 valence electrons. The zero-order valence-corrected chi connectivity index (χ0v) is 10.5. The molecule has 0 aromatic carbocycles. The van der Waals surface area contributed by atoms with Gasteiger partial charge in [0.1, 0.15) is 11.6 Å². The van der Waals surface area contributed by atoms with E-state index in [1.807, 2.05) is 0 Å². The summed E-state index contributed by atoms with van der Waals surface area (Å²) < 4.78 is 46.3. The van der Waals surface area contributed by atoms with Crippen molar-refractivity contribution in [1.29, 1.82) is 0 Å². The van der Waals surface area contributed by atoms with Crippen molar-refractivity contribution in [3.63, 3.8) is 0 Å². The molecule has 0 spiro atoms. The Morgan fingerprint density at radius 2 is 2.21 bits per heavy atom. The Morgan fingerprint density at radius 1 is 1.42 bits per heavy atom. The third kappa shape index (κ3) is 3.64. The Hall–Kier alpha value is -1.68. The average molecular weight is 294 g/mol. The number of anilines is 1. The van der Waals surface area contributed by atoms with E-state index >= 15 is 0 Å². The van der Waals surface area contributed by atoms with E-state index in [-0.39, 0.29) is 12.3 Å². The minimum Gasteiger partial charge on any atom is -0.377 e. The van der Waals surface area contributed by atoms with Crippen molar-refractivity contribution in [2.75, 3.05) is 12.4 Å². The fraction of sp³-hybridized carbons (Fsp3) is 0.444. The van der Waals surface area contributed by atoms with Gasteiger partial charge < -0.3 is 14.6 Å². The predicted octanol–water partition coefficient (Wildman–Crippen LogP) is 2.30. The first-order chi connectivity index (χ1) is 8.99. The molecule has 0 atom stereocenters. The number of alkyl halides is 3. The first-order valence-electron chi connectivity index (χ1n) is 5.07. The maximum atomic E-state index is 12.3. The van der Waals surface area contributed by atoms with Crippen LogP contribution >= 0.6 is 11.3 Å². The molecule has 6 nitrogen and oxygen atoms in total. The highest BCUT2D eigenvalue weighted by Gasteiger charge is 2.34. The van der Waals surface area contributed by atoms with Crippen molar-refractivity contribution >= 4 is 16.5 Å². The van der Waals surface area contributed by atoms with E-state index in [1.165, 1.54) is 18.4 Å². The molecule has 2 rings (SSSR count). The van der Waals surface area contributed by atoms with Gasteiger partial charge in [-0.1, -0.05) is 16.5 Å². The van der Waals surface area contributed by atoms with Crippen molar-refractivity contribution < 1.29 is 22.4 Å². The van der Waals surface area contributed by atoms with Crippen LogP contribution in [0.3, 0.4) is 0 Å². The van der Waals surface area contributed by atoms with E-state index in [4.69, 9.17) is 4.74 Å². The van der Waals surface area contributed by atoms with Crippen LogP contribution in [0, 0.1) is 0 Å². The molecule has 0 aliphatic rings. The largest absolute Gasteiger partial charge is 0.436 e. The summed E-state index contributed by atoms with van der Waals surface area (Å²) in [6, 6.07) is 0.837. The van der Waals surface area contributed by atoms with E-state index in [1.54, 1.807) is 0 Å². The zero-order valence-electron chi connectivity index (χ0n) is 9.69. The molecule has 0 bridgehead atoms. The van der Waals surface area contributed by atoms with Gasteiger partial charge >= 0.3 is 6.18 Å². The standard InChI is InChI=1S/C9H9F3N4O2S/c1-17-4-7-14-15-8(19-7)13-3-5-2-6(16-18-5)9(10,11)12/h2H,3-4H2,1H3,(H,13,15). The fourth-order valence-electron chi connectivity index (χ4n) is 1.20. The molecule has 2 aromatic rings. The lowest BCUT2D eigenvalue weighted by atomic mass is 10.3. The van der Waals surface area contributed by atoms with Gasteiger partial charge in [0, 0.05) is 13.2 Å². The lowest BCUT2D eigenvalue weighted by Crippen LogP contribution is -2.04. The molecule has 0 aliphatic carbocycles. The molecule has 0 saturated carbocycles. The molecule has 0 fully saturated rings. The number of ether oxygens (including phenoxy) is 1. The number of nitrogens with one attached hydrogen (secondary N) is 1. The van der Waals surface area contributed by atoms with Crippen LogP contribution in [0.25, 0.3) is 0 Å². The molecule has 0 amide bonds. The first kappa shape index (κ1) is 13.7. The highest BCUT2D eigenvalue weighted by molar-refractivity contribution is 7.15. The summed E-state index contributed by atoms with van der Waals surface area (Å²) in [5, 5.41) is 14.5. The van der Waals surface area contributed by atoms with Gasteiger partial charge in [-0.3, -0.25) is 0 Å². The minimum absolute atomic E-state index is 0.0463. The molecule has 0 radical (unpaired) electrons. The number of halogens is 3. The summed E-state index contributed by atoms with van der Waals surface area (Å²) in [5.41, 5.74) is -1.05. The fourth-order valence-corrected chi connectivity index (χ4v) is 1.91. The van der Waals surface area contributed by atoms with Crippen LogP contribution in [0.1, 0.15) is 16.5 Å². The highest BCUT2D eigenvalue weighted by Crippen LogP contribution is 2.28. The molecule has 10 heteroatoms. The van der Waals surface area contributed by atoms with E-state index in [0.717, 1.165) is 6.07 Å². The van der Waals surface area contributed by atoms with E-state index < -0.39 is 11.9 Å². The topological polar surface area (TPSA) is 73.1 Å². The van der Waals surface area contributed by atoms with Crippen LogP contribution in [-0.2, 0) is 24.1 Å². The van der Waals surface area contributed by atoms with Gasteiger partial charge in [0.2, 0.25) is 5.13 Å². The molecule has 0 unspecified atom stereocenters. The predicted molar refractivity (Wildman–Crippen MR) is 59.5 cm³/mol. The summed E-state index contributed by atoms with van der Waals surface area (Å²) in [7, 11) is 1.53. The Morgan fingerprint density at radius 3 is 2.84 bits per heavy atom. The normalized spacial score (nSPS) is 11.8. The van der Waals surface area contributed by atoms with E-state index in [2.05, 4.69) is 25.2 Å². The Kier molecular flexibility index (Phi) is 4.00. The van der Waals surface area contributed by atoms with Gasteiger partial charge in [-0.2, -0.15) is 13.2 Å². The van der Waals surface area contributed by atoms with Crippen molar-refractivity contribution in [3.05, 3.63) is 22.5 Å². The second-order valence-corrected chi connectivity index (χ2v) is 4.53. The summed E-state index contributed by atoms with van der Waals surface area (Å²) >= 11 is 1.25. The monoisotopic (exact) mass is 294 g/mol. The van der Waals surface area contributed by atoms with Gasteiger partial charge in [-0.15, -0.1) is 10.2 Å². The quantitative estimate of drug-likeness (QED) is 0.912. The molecule has 1 N–H and O–H groups in total. The molecular weight excluding hydrogens is 285 g/mol. The van der Waals surface area contributed by atoms with Crippen molar-refractivity contribution in [2.24, 2.45) is 0 Å². The Bertz CT molecular complexity index is 540. The molecule has 2 heterocycles. The van der Waals surface area contributed by atoms with Gasteiger partial charge in [0.25, 0.3) is 0 Å². The Labute approximate surface area is 109 Å². The third-order valence-corrected chi connectivity index (χ3v) is 2.85. The first-order valence-corrected chi connectivity index (χ1v) is 5.88. The van der Waals surface area contributed by atoms with Gasteiger partial charge in [0.05, 0.1) is 6.54 Å². The maximum absolute atomic E-state index is 12.3. The smallest absolute Gasteiger partial charge is 0.377 e. The number of hydrogen-bond donors (Lipinski definition) is 1. The summed E-state index contributed by atoms with van der Waals surface area (Å²) in [4.78, 5) is 0. The second-order valence-electron chi connectivity index (χ2n) is 3.46. The summed E-state index contributed by atoms with van der Waals surface area (Å²) in [5.74, 6) is 0.0656. The lowest BCUT2D eigenvalue weighted by Gasteiger charge is -1.98. The molecule has 0 aliphatic heterocycles. The second kappa shape index (κ2) is 5.53. The number of aromatic nitrogens is 3. The SMILES string of the molecule is COCc1nnc(NCc2cc(C(F)(F)F)no2)s1. The van der Waals surface area contributed by atoms with Crippen LogP contribution in [0.2, 0.25) is 0 Å². The van der Waals surface area contributed by atoms with Gasteiger partial charge in [-0.25, -0.2) is 0 Å². The van der Waals surface area contributed by atoms with E-state index in [9.17, 15) is 13.2 Å². The Balaban J connectivity index is 1.93. The third-order valence-electron chi connectivity index (χ3n) is 2.00. The van der Waals surface area contributed by atoms with Crippen LogP contribution in [-0.4, -0.2) is 22.5 Å². The van der Waals surface area contributed by atoms with Crippen LogP contribution < -0.4 is 5.32 Å². The zero-order chi connectivity index (χ0) is 13.9. The van der Waals surface area contributed by atoms with Crippen molar-refractivity contribution in [2.45, 2.75) is 19.3 Å². The molecule has 2 aromatic heterocycles. The van der Waals surface area contributed by atoms with Crippen molar-refractivity contribution in [1.82, 2.24) is 15.4 Å². The average Bonchev–Trinajstić information content (AvgIpc) is 2.94. The van der Waals surface area contributed by atoms with E-state index in [0.29, 0.717) is 16.7 Å².